The molecule has 0 aliphatic carbocycles. The second-order valence-electron chi connectivity index (χ2n) is 3.48. The Balaban J connectivity index is 2.76. The summed E-state index contributed by atoms with van der Waals surface area (Å²) in [6.07, 6.45) is 0. The van der Waals surface area contributed by atoms with Crippen LogP contribution in [0.25, 0.3) is 0 Å². The summed E-state index contributed by atoms with van der Waals surface area (Å²) in [6, 6.07) is 2.69. The van der Waals surface area contributed by atoms with Crippen LogP contribution in [0.2, 0.25) is 0 Å². The monoisotopic (exact) mass is 289 g/mol. The lowest BCUT2D eigenvalue weighted by Crippen LogP contribution is -2.31. The van der Waals surface area contributed by atoms with Gasteiger partial charge < -0.3 is 15.0 Å². The molecule has 0 bridgehead atoms. The predicted octanol–water partition coefficient (Wildman–Crippen LogP) is 1.78. The lowest BCUT2D eigenvalue weighted by Gasteiger charge is -2.16. The fraction of sp³-hybridized carbons (Fsp3) is 0.444. The van der Waals surface area contributed by atoms with E-state index in [0.717, 1.165) is 0 Å². The first kappa shape index (κ1) is 12.7. The summed E-state index contributed by atoms with van der Waals surface area (Å²) in [7, 11) is 1.65. The van der Waals surface area contributed by atoms with E-state index in [1.165, 1.54) is 17.0 Å². The molecule has 1 rings (SSSR count). The molecule has 88 valence electrons. The molecule has 1 amide bonds. The third kappa shape index (κ3) is 3.06. The van der Waals surface area contributed by atoms with E-state index >= 15 is 0 Å². The Kier molecular flexibility index (Phi) is 4.05. The zero-order valence-electron chi connectivity index (χ0n) is 8.94. The SMILES string of the molecule is CC(Br)CN(C)C(=O)c1ccc([N+](=O)[O-])[nH]1. The van der Waals surface area contributed by atoms with Gasteiger partial charge in [0.2, 0.25) is 0 Å². The van der Waals surface area contributed by atoms with Crippen molar-refractivity contribution < 1.29 is 9.72 Å². The van der Waals surface area contributed by atoms with Gasteiger partial charge in [-0.3, -0.25) is 4.79 Å². The van der Waals surface area contributed by atoms with Gasteiger partial charge in [0.15, 0.2) is 5.69 Å². The van der Waals surface area contributed by atoms with Gasteiger partial charge in [-0.05, 0) is 11.0 Å². The molecule has 6 nitrogen and oxygen atoms in total. The molecule has 0 radical (unpaired) electrons. The smallest absolute Gasteiger partial charge is 0.321 e. The second kappa shape index (κ2) is 5.11. The lowest BCUT2D eigenvalue weighted by atomic mass is 10.3. The molecule has 1 unspecified atom stereocenters. The zero-order valence-corrected chi connectivity index (χ0v) is 10.5. The molecule has 1 atom stereocenters. The highest BCUT2D eigenvalue weighted by atomic mass is 79.9. The molecule has 0 aliphatic rings. The van der Waals surface area contributed by atoms with E-state index in [4.69, 9.17) is 0 Å². The standard InChI is InChI=1S/C9H12BrN3O3/c1-6(10)5-12(2)9(14)7-3-4-8(11-7)13(15)16/h3-4,6,11H,5H2,1-2H3. The number of aromatic amines is 1. The number of alkyl halides is 1. The van der Waals surface area contributed by atoms with Crippen molar-refractivity contribution >= 4 is 27.7 Å². The molecule has 1 aromatic heterocycles. The highest BCUT2D eigenvalue weighted by Crippen LogP contribution is 2.12. The van der Waals surface area contributed by atoms with Gasteiger partial charge in [-0.25, -0.2) is 4.98 Å². The van der Waals surface area contributed by atoms with Gasteiger partial charge in [-0.1, -0.05) is 22.9 Å². The molecule has 7 heteroatoms. The van der Waals surface area contributed by atoms with E-state index in [9.17, 15) is 14.9 Å². The van der Waals surface area contributed by atoms with Crippen LogP contribution >= 0.6 is 15.9 Å². The number of nitro groups is 1. The number of hydrogen-bond acceptors (Lipinski definition) is 3. The molecule has 0 spiro atoms. The van der Waals surface area contributed by atoms with Crippen LogP contribution in [-0.4, -0.2) is 39.1 Å². The van der Waals surface area contributed by atoms with Crippen molar-refractivity contribution in [3.8, 4) is 0 Å². The molecule has 1 aromatic rings. The van der Waals surface area contributed by atoms with E-state index in [1.54, 1.807) is 7.05 Å². The van der Waals surface area contributed by atoms with Crippen LogP contribution in [0.3, 0.4) is 0 Å². The fourth-order valence-corrected chi connectivity index (χ4v) is 1.72. The number of aromatic nitrogens is 1. The van der Waals surface area contributed by atoms with Crippen molar-refractivity contribution in [1.82, 2.24) is 9.88 Å². The van der Waals surface area contributed by atoms with E-state index in [2.05, 4.69) is 20.9 Å². The summed E-state index contributed by atoms with van der Waals surface area (Å²) < 4.78 is 0. The lowest BCUT2D eigenvalue weighted by molar-refractivity contribution is -0.389. The average Bonchev–Trinajstić information content (AvgIpc) is 2.64. The summed E-state index contributed by atoms with van der Waals surface area (Å²) in [5.41, 5.74) is 0.224. The van der Waals surface area contributed by atoms with Crippen molar-refractivity contribution in [1.29, 1.82) is 0 Å². The molecule has 0 saturated carbocycles. The Morgan fingerprint density at radius 2 is 2.31 bits per heavy atom. The van der Waals surface area contributed by atoms with E-state index in [1.807, 2.05) is 6.92 Å². The number of carbonyl (C=O) groups is 1. The van der Waals surface area contributed by atoms with Crippen molar-refractivity contribution in [2.24, 2.45) is 0 Å². The molecule has 1 heterocycles. The van der Waals surface area contributed by atoms with E-state index < -0.39 is 4.92 Å². The Bertz CT molecular complexity index is 402. The summed E-state index contributed by atoms with van der Waals surface area (Å²) in [5.74, 6) is -0.442. The first-order chi connectivity index (χ1) is 7.41. The largest absolute Gasteiger partial charge is 0.358 e. The molecule has 16 heavy (non-hydrogen) atoms. The third-order valence-corrected chi connectivity index (χ3v) is 2.26. The number of amides is 1. The van der Waals surface area contributed by atoms with Crippen LogP contribution in [0.4, 0.5) is 5.82 Å². The molecule has 0 fully saturated rings. The van der Waals surface area contributed by atoms with Crippen LogP contribution in [0.5, 0.6) is 0 Å². The molecule has 0 aliphatic heterocycles. The maximum atomic E-state index is 11.8. The average molecular weight is 290 g/mol. The minimum Gasteiger partial charge on any atom is -0.358 e. The van der Waals surface area contributed by atoms with Gasteiger partial charge in [0, 0.05) is 24.5 Å². The normalized spacial score (nSPS) is 12.2. The van der Waals surface area contributed by atoms with Gasteiger partial charge in [0.25, 0.3) is 5.91 Å². The van der Waals surface area contributed by atoms with E-state index in [-0.39, 0.29) is 22.2 Å². The molecule has 0 aromatic carbocycles. The van der Waals surface area contributed by atoms with Gasteiger partial charge in [-0.2, -0.15) is 0 Å². The van der Waals surface area contributed by atoms with Crippen LogP contribution in [-0.2, 0) is 0 Å². The van der Waals surface area contributed by atoms with Crippen LogP contribution < -0.4 is 0 Å². The molecule has 1 N–H and O–H groups in total. The summed E-state index contributed by atoms with van der Waals surface area (Å²) >= 11 is 3.33. The Hall–Kier alpha value is -1.37. The van der Waals surface area contributed by atoms with Gasteiger partial charge in [0.1, 0.15) is 0 Å². The number of rotatable bonds is 4. The van der Waals surface area contributed by atoms with Gasteiger partial charge in [0.05, 0.1) is 0 Å². The van der Waals surface area contributed by atoms with Crippen LogP contribution in [0.1, 0.15) is 17.4 Å². The number of H-pyrrole nitrogens is 1. The molecular formula is C9H12BrN3O3. The van der Waals surface area contributed by atoms with Crippen LogP contribution in [0, 0.1) is 10.1 Å². The maximum Gasteiger partial charge on any atom is 0.321 e. The number of nitrogens with zero attached hydrogens (tertiary/aromatic N) is 2. The molecule has 0 saturated heterocycles. The highest BCUT2D eigenvalue weighted by molar-refractivity contribution is 9.09. The minimum atomic E-state index is -0.566. The fourth-order valence-electron chi connectivity index (χ4n) is 1.28. The first-order valence-corrected chi connectivity index (χ1v) is 5.56. The topological polar surface area (TPSA) is 79.2 Å². The van der Waals surface area contributed by atoms with Gasteiger partial charge >= 0.3 is 5.82 Å². The van der Waals surface area contributed by atoms with E-state index in [0.29, 0.717) is 6.54 Å². The van der Waals surface area contributed by atoms with Crippen molar-refractivity contribution in [3.63, 3.8) is 0 Å². The zero-order chi connectivity index (χ0) is 12.3. The predicted molar refractivity (Wildman–Crippen MR) is 62.8 cm³/mol. The van der Waals surface area contributed by atoms with Gasteiger partial charge in [-0.15, -0.1) is 0 Å². The summed E-state index contributed by atoms with van der Waals surface area (Å²) in [5, 5.41) is 10.4. The minimum absolute atomic E-state index is 0.173. The summed E-state index contributed by atoms with van der Waals surface area (Å²) in [4.78, 5) is 25.8. The van der Waals surface area contributed by atoms with Crippen LogP contribution in [0.15, 0.2) is 12.1 Å². The number of carbonyl (C=O) groups excluding carboxylic acids is 1. The Morgan fingerprint density at radius 1 is 1.69 bits per heavy atom. The summed E-state index contributed by atoms with van der Waals surface area (Å²) in [6.45, 7) is 2.45. The Morgan fingerprint density at radius 3 is 2.75 bits per heavy atom. The highest BCUT2D eigenvalue weighted by Gasteiger charge is 2.19. The maximum absolute atomic E-state index is 11.8. The molecular weight excluding hydrogens is 278 g/mol. The number of nitrogens with one attached hydrogen (secondary N) is 1. The third-order valence-electron chi connectivity index (χ3n) is 1.97. The quantitative estimate of drug-likeness (QED) is 0.521. The van der Waals surface area contributed by atoms with Crippen molar-refractivity contribution in [2.75, 3.05) is 13.6 Å². The van der Waals surface area contributed by atoms with Crippen molar-refractivity contribution in [2.45, 2.75) is 11.8 Å². The Labute approximate surface area is 101 Å². The number of hydrogen-bond donors (Lipinski definition) is 1. The number of halogens is 1. The second-order valence-corrected chi connectivity index (χ2v) is 5.04. The van der Waals surface area contributed by atoms with Crippen molar-refractivity contribution in [3.05, 3.63) is 27.9 Å². The first-order valence-electron chi connectivity index (χ1n) is 4.64.